The first-order valence-electron chi connectivity index (χ1n) is 7.37. The van der Waals surface area contributed by atoms with E-state index in [4.69, 9.17) is 4.52 Å². The molecule has 112 valence electrons. The van der Waals surface area contributed by atoms with Crippen LogP contribution in [0.25, 0.3) is 11.5 Å². The lowest BCUT2D eigenvalue weighted by molar-refractivity contribution is -0.0187. The molecule has 0 aliphatic carbocycles. The van der Waals surface area contributed by atoms with Gasteiger partial charge < -0.3 is 14.5 Å². The Kier molecular flexibility index (Phi) is 3.45. The van der Waals surface area contributed by atoms with Gasteiger partial charge in [0, 0.05) is 18.0 Å². The third kappa shape index (κ3) is 2.42. The van der Waals surface area contributed by atoms with Gasteiger partial charge in [0.1, 0.15) is 0 Å². The van der Waals surface area contributed by atoms with Crippen molar-refractivity contribution in [2.45, 2.75) is 26.4 Å². The summed E-state index contributed by atoms with van der Waals surface area (Å²) >= 11 is 0. The summed E-state index contributed by atoms with van der Waals surface area (Å²) < 4.78 is 5.34. The molecule has 3 rings (SSSR count). The molecule has 1 fully saturated rings. The molecule has 2 atom stereocenters. The van der Waals surface area contributed by atoms with Gasteiger partial charge in [0.25, 0.3) is 11.8 Å². The van der Waals surface area contributed by atoms with E-state index < -0.39 is 5.60 Å². The molecule has 1 aromatic heterocycles. The van der Waals surface area contributed by atoms with Crippen molar-refractivity contribution in [1.82, 2.24) is 10.1 Å². The zero-order valence-electron chi connectivity index (χ0n) is 12.7. The van der Waals surface area contributed by atoms with Crippen molar-refractivity contribution in [2.24, 2.45) is 11.8 Å². The highest BCUT2D eigenvalue weighted by Gasteiger charge is 2.46. The van der Waals surface area contributed by atoms with Crippen LogP contribution in [-0.4, -0.2) is 33.9 Å². The number of hydrogen-bond donors (Lipinski definition) is 1. The van der Waals surface area contributed by atoms with Crippen molar-refractivity contribution in [1.29, 1.82) is 0 Å². The molecular formula is C16H21N3O2. The molecule has 1 aliphatic heterocycles. The first-order chi connectivity index (χ1) is 10.0. The quantitative estimate of drug-likeness (QED) is 0.940. The summed E-state index contributed by atoms with van der Waals surface area (Å²) in [7, 11) is 0. The zero-order valence-corrected chi connectivity index (χ0v) is 12.7. The number of benzene rings is 1. The lowest BCUT2D eigenvalue weighted by atomic mass is 9.82. The van der Waals surface area contributed by atoms with Gasteiger partial charge in [-0.15, -0.1) is 0 Å². The van der Waals surface area contributed by atoms with E-state index in [2.05, 4.69) is 17.1 Å². The molecule has 2 aromatic rings. The predicted octanol–water partition coefficient (Wildman–Crippen LogP) is 2.58. The molecule has 0 amide bonds. The molecular weight excluding hydrogens is 266 g/mol. The van der Waals surface area contributed by atoms with Crippen LogP contribution in [0.1, 0.15) is 20.8 Å². The third-order valence-corrected chi connectivity index (χ3v) is 4.51. The first kappa shape index (κ1) is 14.1. The van der Waals surface area contributed by atoms with Crippen LogP contribution >= 0.6 is 0 Å². The van der Waals surface area contributed by atoms with Crippen LogP contribution in [0.3, 0.4) is 0 Å². The van der Waals surface area contributed by atoms with Crippen LogP contribution in [-0.2, 0) is 0 Å². The van der Waals surface area contributed by atoms with E-state index in [0.29, 0.717) is 18.4 Å². The van der Waals surface area contributed by atoms with Gasteiger partial charge in [-0.2, -0.15) is 4.98 Å². The molecule has 1 aromatic carbocycles. The third-order valence-electron chi connectivity index (χ3n) is 4.51. The maximum atomic E-state index is 10.8. The molecule has 0 unspecified atom stereocenters. The minimum absolute atomic E-state index is 0.177. The summed E-state index contributed by atoms with van der Waals surface area (Å²) in [6.07, 6.45) is 0. The van der Waals surface area contributed by atoms with Gasteiger partial charge in [0.05, 0.1) is 12.1 Å². The highest BCUT2D eigenvalue weighted by molar-refractivity contribution is 5.54. The van der Waals surface area contributed by atoms with E-state index in [9.17, 15) is 5.11 Å². The summed E-state index contributed by atoms with van der Waals surface area (Å²) in [5, 5.41) is 14.8. The molecule has 0 spiro atoms. The van der Waals surface area contributed by atoms with E-state index in [-0.39, 0.29) is 11.8 Å². The van der Waals surface area contributed by atoms with E-state index >= 15 is 0 Å². The SMILES string of the molecule is CC(C)[C@]1(O)CN(c2noc(-c3ccccc3)n2)C[C@H]1C. The molecule has 5 nitrogen and oxygen atoms in total. The average Bonchev–Trinajstić information content (AvgIpc) is 3.06. The topological polar surface area (TPSA) is 62.4 Å². The van der Waals surface area contributed by atoms with Crippen molar-refractivity contribution in [3.8, 4) is 11.5 Å². The molecule has 0 radical (unpaired) electrons. The van der Waals surface area contributed by atoms with Gasteiger partial charge in [-0.3, -0.25) is 0 Å². The van der Waals surface area contributed by atoms with Gasteiger partial charge in [-0.1, -0.05) is 39.0 Å². The summed E-state index contributed by atoms with van der Waals surface area (Å²) in [5.41, 5.74) is 0.204. The van der Waals surface area contributed by atoms with Crippen LogP contribution in [0.4, 0.5) is 5.95 Å². The number of hydrogen-bond acceptors (Lipinski definition) is 5. The number of rotatable bonds is 3. The van der Waals surface area contributed by atoms with Crippen LogP contribution < -0.4 is 4.90 Å². The molecule has 0 saturated carbocycles. The molecule has 21 heavy (non-hydrogen) atoms. The van der Waals surface area contributed by atoms with Crippen molar-refractivity contribution >= 4 is 5.95 Å². The van der Waals surface area contributed by atoms with Crippen LogP contribution in [0, 0.1) is 11.8 Å². The fourth-order valence-electron chi connectivity index (χ4n) is 2.96. The fourth-order valence-corrected chi connectivity index (χ4v) is 2.96. The average molecular weight is 287 g/mol. The minimum Gasteiger partial charge on any atom is -0.387 e. The summed E-state index contributed by atoms with van der Waals surface area (Å²) in [6, 6.07) is 9.71. The van der Waals surface area contributed by atoms with Gasteiger partial charge in [-0.05, 0) is 23.2 Å². The maximum Gasteiger partial charge on any atom is 0.266 e. The number of β-amino-alcohol motifs (C(OH)–C–C–N with tert-alkyl or cyclic N) is 1. The Morgan fingerprint density at radius 1 is 1.33 bits per heavy atom. The molecule has 1 aliphatic rings. The molecule has 1 saturated heterocycles. The molecule has 2 heterocycles. The van der Waals surface area contributed by atoms with Crippen LogP contribution in [0.15, 0.2) is 34.9 Å². The number of nitrogens with zero attached hydrogens (tertiary/aromatic N) is 3. The predicted molar refractivity (Wildman–Crippen MR) is 80.9 cm³/mol. The van der Waals surface area contributed by atoms with E-state index in [1.165, 1.54) is 0 Å². The van der Waals surface area contributed by atoms with E-state index in [0.717, 1.165) is 12.1 Å². The summed E-state index contributed by atoms with van der Waals surface area (Å²) in [5.74, 6) is 1.43. The number of anilines is 1. The summed E-state index contributed by atoms with van der Waals surface area (Å²) in [4.78, 5) is 6.46. The Balaban J connectivity index is 1.82. The monoisotopic (exact) mass is 287 g/mol. The minimum atomic E-state index is -0.701. The highest BCUT2D eigenvalue weighted by atomic mass is 16.5. The smallest absolute Gasteiger partial charge is 0.266 e. The number of aromatic nitrogens is 2. The first-order valence-corrected chi connectivity index (χ1v) is 7.37. The number of aliphatic hydroxyl groups is 1. The maximum absolute atomic E-state index is 10.8. The Morgan fingerprint density at radius 3 is 2.67 bits per heavy atom. The van der Waals surface area contributed by atoms with Gasteiger partial charge in [0.2, 0.25) is 0 Å². The van der Waals surface area contributed by atoms with Gasteiger partial charge in [-0.25, -0.2) is 0 Å². The fraction of sp³-hybridized carbons (Fsp3) is 0.500. The van der Waals surface area contributed by atoms with Crippen LogP contribution in [0.5, 0.6) is 0 Å². The van der Waals surface area contributed by atoms with Crippen molar-refractivity contribution < 1.29 is 9.63 Å². The Hall–Kier alpha value is -1.88. The highest BCUT2D eigenvalue weighted by Crippen LogP contribution is 2.35. The second-order valence-corrected chi connectivity index (χ2v) is 6.19. The van der Waals surface area contributed by atoms with E-state index in [1.807, 2.05) is 49.1 Å². The molecule has 5 heteroatoms. The Labute approximate surface area is 124 Å². The van der Waals surface area contributed by atoms with E-state index in [1.54, 1.807) is 0 Å². The second-order valence-electron chi connectivity index (χ2n) is 6.19. The lowest BCUT2D eigenvalue weighted by Crippen LogP contribution is -2.42. The lowest BCUT2D eigenvalue weighted by Gasteiger charge is -2.30. The van der Waals surface area contributed by atoms with Crippen LogP contribution in [0.2, 0.25) is 0 Å². The Bertz CT molecular complexity index is 611. The second kappa shape index (κ2) is 5.15. The van der Waals surface area contributed by atoms with Crippen molar-refractivity contribution in [2.75, 3.05) is 18.0 Å². The van der Waals surface area contributed by atoms with Crippen molar-refractivity contribution in [3.63, 3.8) is 0 Å². The summed E-state index contributed by atoms with van der Waals surface area (Å²) in [6.45, 7) is 7.44. The largest absolute Gasteiger partial charge is 0.387 e. The zero-order chi connectivity index (χ0) is 15.0. The van der Waals surface area contributed by atoms with Gasteiger partial charge in [0.15, 0.2) is 0 Å². The van der Waals surface area contributed by atoms with Crippen molar-refractivity contribution in [3.05, 3.63) is 30.3 Å². The molecule has 0 bridgehead atoms. The molecule has 1 N–H and O–H groups in total. The Morgan fingerprint density at radius 2 is 2.05 bits per heavy atom. The van der Waals surface area contributed by atoms with Gasteiger partial charge >= 0.3 is 0 Å². The normalized spacial score (nSPS) is 25.8. The standard InChI is InChI=1S/C16H21N3O2/c1-11(2)16(20)10-19(9-12(16)3)15-17-14(21-18-15)13-7-5-4-6-8-13/h4-8,11-12,20H,9-10H2,1-3H3/t12-,16-/m1/s1.